The molecule has 0 unspecified atom stereocenters. The minimum Gasteiger partial charge on any atom is -0.463 e. The predicted octanol–water partition coefficient (Wildman–Crippen LogP) is 2.04. The van der Waals surface area contributed by atoms with Gasteiger partial charge < -0.3 is 38.3 Å². The van der Waals surface area contributed by atoms with Gasteiger partial charge in [0.05, 0.1) is 78.6 Å². The van der Waals surface area contributed by atoms with Crippen molar-refractivity contribution in [3.63, 3.8) is 0 Å². The van der Waals surface area contributed by atoms with Gasteiger partial charge in [-0.2, -0.15) is 0 Å². The Labute approximate surface area is 210 Å². The maximum Gasteiger partial charge on any atom is 0.309 e. The molecule has 208 valence electrons. The standard InChI is InChI=1S/C12H22O5.C7H16O4.C6H10O/c1-14-5-6-15-7-8-16-9-10-17-12(13)11-3-2-4-11;1-9-4-5-11-7-6-10-3-2-8;1-5(7)6-3-2-4-6/h11H,2-10H2,1H3;8H,2-7H2,1H3;6H,2-4H2,1H3. The minimum atomic E-state index is -0.0730. The summed E-state index contributed by atoms with van der Waals surface area (Å²) in [6, 6.07) is 0. The van der Waals surface area contributed by atoms with Gasteiger partial charge in [0, 0.05) is 20.1 Å². The molecule has 2 saturated carbocycles. The Kier molecular flexibility index (Phi) is 25.1. The van der Waals surface area contributed by atoms with Crippen molar-refractivity contribution in [2.24, 2.45) is 11.8 Å². The van der Waals surface area contributed by atoms with E-state index in [1.807, 2.05) is 0 Å². The van der Waals surface area contributed by atoms with Crippen LogP contribution >= 0.6 is 0 Å². The number of hydrogen-bond acceptors (Lipinski definition) is 10. The van der Waals surface area contributed by atoms with E-state index in [-0.39, 0.29) is 18.5 Å². The van der Waals surface area contributed by atoms with Crippen LogP contribution in [-0.2, 0) is 42.7 Å². The lowest BCUT2D eigenvalue weighted by Crippen LogP contribution is -2.25. The molecule has 0 bridgehead atoms. The minimum absolute atomic E-state index is 0.0675. The Morgan fingerprint density at radius 1 is 0.629 bits per heavy atom. The van der Waals surface area contributed by atoms with E-state index < -0.39 is 0 Å². The molecule has 2 aliphatic rings. The molecule has 10 nitrogen and oxygen atoms in total. The molecule has 0 amide bonds. The van der Waals surface area contributed by atoms with Crippen molar-refractivity contribution >= 4 is 11.8 Å². The number of ketones is 1. The molecule has 0 atom stereocenters. The number of carbonyl (C=O) groups is 2. The Balaban J connectivity index is 0.000000548. The van der Waals surface area contributed by atoms with Gasteiger partial charge in [-0.05, 0) is 32.6 Å². The number of methoxy groups -OCH3 is 2. The zero-order valence-corrected chi connectivity index (χ0v) is 22.0. The average molecular weight is 509 g/mol. The van der Waals surface area contributed by atoms with E-state index in [0.29, 0.717) is 84.4 Å². The fourth-order valence-electron chi connectivity index (χ4n) is 2.77. The summed E-state index contributed by atoms with van der Waals surface area (Å²) in [6.07, 6.45) is 6.67. The lowest BCUT2D eigenvalue weighted by atomic mass is 9.83. The van der Waals surface area contributed by atoms with E-state index in [9.17, 15) is 9.59 Å². The van der Waals surface area contributed by atoms with Crippen molar-refractivity contribution in [3.05, 3.63) is 0 Å². The van der Waals surface area contributed by atoms with Crippen LogP contribution in [0.3, 0.4) is 0 Å². The number of aliphatic hydroxyl groups is 1. The van der Waals surface area contributed by atoms with Gasteiger partial charge in [0.15, 0.2) is 0 Å². The normalized spacial score (nSPS) is 15.1. The summed E-state index contributed by atoms with van der Waals surface area (Å²) in [6.45, 7) is 7.45. The van der Waals surface area contributed by atoms with Gasteiger partial charge in [0.2, 0.25) is 0 Å². The second-order valence-corrected chi connectivity index (χ2v) is 8.19. The maximum absolute atomic E-state index is 11.3. The number of hydrogen-bond donors (Lipinski definition) is 1. The summed E-state index contributed by atoms with van der Waals surface area (Å²) in [5.41, 5.74) is 0. The molecule has 0 aromatic heterocycles. The molecule has 0 radical (unpaired) electrons. The molecule has 0 spiro atoms. The predicted molar refractivity (Wildman–Crippen MR) is 130 cm³/mol. The van der Waals surface area contributed by atoms with Gasteiger partial charge in [-0.1, -0.05) is 12.8 Å². The number of rotatable bonds is 19. The zero-order chi connectivity index (χ0) is 26.0. The van der Waals surface area contributed by atoms with E-state index in [0.717, 1.165) is 32.1 Å². The third-order valence-corrected chi connectivity index (χ3v) is 5.43. The van der Waals surface area contributed by atoms with Crippen LogP contribution in [-0.4, -0.2) is 110 Å². The van der Waals surface area contributed by atoms with Crippen molar-refractivity contribution in [1.82, 2.24) is 0 Å². The van der Waals surface area contributed by atoms with E-state index in [1.54, 1.807) is 21.1 Å². The molecule has 35 heavy (non-hydrogen) atoms. The molecule has 0 saturated heterocycles. The Hall–Kier alpha value is -1.14. The van der Waals surface area contributed by atoms with Crippen LogP contribution in [0.1, 0.15) is 45.4 Å². The van der Waals surface area contributed by atoms with Crippen LogP contribution < -0.4 is 0 Å². The second kappa shape index (κ2) is 25.9. The smallest absolute Gasteiger partial charge is 0.309 e. The Morgan fingerprint density at radius 2 is 1.03 bits per heavy atom. The quantitative estimate of drug-likeness (QED) is 0.205. The highest BCUT2D eigenvalue weighted by molar-refractivity contribution is 5.78. The molecule has 10 heteroatoms. The number of esters is 1. The van der Waals surface area contributed by atoms with Crippen LogP contribution in [0.4, 0.5) is 0 Å². The fraction of sp³-hybridized carbons (Fsp3) is 0.920. The summed E-state index contributed by atoms with van der Waals surface area (Å²) >= 11 is 0. The highest BCUT2D eigenvalue weighted by Gasteiger charge is 2.26. The molecular weight excluding hydrogens is 460 g/mol. The number of Topliss-reactive ketones (excluding diaryl/α,β-unsaturated/α-hetero) is 1. The topological polar surface area (TPSA) is 119 Å². The van der Waals surface area contributed by atoms with E-state index in [4.69, 9.17) is 38.3 Å². The maximum atomic E-state index is 11.3. The Morgan fingerprint density at radius 3 is 1.34 bits per heavy atom. The summed E-state index contributed by atoms with van der Waals surface area (Å²) < 4.78 is 35.2. The first-order valence-electron chi connectivity index (χ1n) is 12.6. The number of aliphatic hydroxyl groups excluding tert-OH is 1. The van der Waals surface area contributed by atoms with Crippen molar-refractivity contribution in [1.29, 1.82) is 0 Å². The molecular formula is C25H48O10. The summed E-state index contributed by atoms with van der Waals surface area (Å²) in [7, 11) is 3.27. The van der Waals surface area contributed by atoms with Gasteiger partial charge in [-0.3, -0.25) is 9.59 Å². The third-order valence-electron chi connectivity index (χ3n) is 5.43. The molecule has 2 fully saturated rings. The average Bonchev–Trinajstić information content (AvgIpc) is 2.75. The van der Waals surface area contributed by atoms with E-state index in [2.05, 4.69) is 0 Å². The first kappa shape index (κ1) is 33.9. The first-order chi connectivity index (χ1) is 17.1. The summed E-state index contributed by atoms with van der Waals surface area (Å²) in [5.74, 6) is 0.898. The molecule has 1 N–H and O–H groups in total. The van der Waals surface area contributed by atoms with Crippen molar-refractivity contribution in [3.8, 4) is 0 Å². The highest BCUT2D eigenvalue weighted by atomic mass is 16.6. The van der Waals surface area contributed by atoms with Gasteiger partial charge in [-0.25, -0.2) is 0 Å². The molecule has 0 heterocycles. The van der Waals surface area contributed by atoms with Crippen molar-refractivity contribution < 1.29 is 47.9 Å². The number of carbonyl (C=O) groups excluding carboxylic acids is 2. The number of ether oxygens (including phenoxy) is 7. The lowest BCUT2D eigenvalue weighted by Gasteiger charge is -2.22. The van der Waals surface area contributed by atoms with Crippen molar-refractivity contribution in [2.45, 2.75) is 45.4 Å². The van der Waals surface area contributed by atoms with Crippen LogP contribution in [0, 0.1) is 11.8 Å². The first-order valence-corrected chi connectivity index (χ1v) is 12.6. The molecule has 2 aliphatic carbocycles. The molecule has 0 aromatic rings. The SMILES string of the molecule is CC(=O)C1CCC1.COCCOCCOCCO.COCCOCCOCCOC(=O)C1CCC1. The highest BCUT2D eigenvalue weighted by Crippen LogP contribution is 2.27. The van der Waals surface area contributed by atoms with Gasteiger partial charge in [0.25, 0.3) is 0 Å². The van der Waals surface area contributed by atoms with Gasteiger partial charge in [0.1, 0.15) is 12.4 Å². The second-order valence-electron chi connectivity index (χ2n) is 8.19. The van der Waals surface area contributed by atoms with Gasteiger partial charge in [-0.15, -0.1) is 0 Å². The monoisotopic (exact) mass is 508 g/mol. The molecule has 0 aliphatic heterocycles. The van der Waals surface area contributed by atoms with E-state index >= 15 is 0 Å². The van der Waals surface area contributed by atoms with Gasteiger partial charge >= 0.3 is 5.97 Å². The largest absolute Gasteiger partial charge is 0.463 e. The zero-order valence-electron chi connectivity index (χ0n) is 22.0. The van der Waals surface area contributed by atoms with Crippen LogP contribution in [0.25, 0.3) is 0 Å². The molecule has 2 rings (SSSR count). The summed E-state index contributed by atoms with van der Waals surface area (Å²) in [5, 5.41) is 8.32. The Bertz CT molecular complexity index is 473. The fourth-order valence-corrected chi connectivity index (χ4v) is 2.77. The van der Waals surface area contributed by atoms with Crippen molar-refractivity contribution in [2.75, 3.05) is 93.5 Å². The lowest BCUT2D eigenvalue weighted by molar-refractivity contribution is -0.153. The molecule has 0 aromatic carbocycles. The van der Waals surface area contributed by atoms with Crippen LogP contribution in [0.15, 0.2) is 0 Å². The van der Waals surface area contributed by atoms with Crippen LogP contribution in [0.2, 0.25) is 0 Å². The van der Waals surface area contributed by atoms with Crippen LogP contribution in [0.5, 0.6) is 0 Å². The van der Waals surface area contributed by atoms with E-state index in [1.165, 1.54) is 6.42 Å². The summed E-state index contributed by atoms with van der Waals surface area (Å²) in [4.78, 5) is 21.7. The third kappa shape index (κ3) is 21.8.